The van der Waals surface area contributed by atoms with E-state index >= 15 is 0 Å². The molecule has 1 aliphatic carbocycles. The van der Waals surface area contributed by atoms with Crippen LogP contribution in [-0.2, 0) is 5.41 Å². The minimum atomic E-state index is -0.153. The van der Waals surface area contributed by atoms with E-state index in [2.05, 4.69) is 57.1 Å². The Bertz CT molecular complexity index is 2260. The summed E-state index contributed by atoms with van der Waals surface area (Å²) in [5.74, 6) is 1.55. The van der Waals surface area contributed by atoms with Crippen LogP contribution in [0, 0.1) is 5.41 Å². The summed E-state index contributed by atoms with van der Waals surface area (Å²) in [7, 11) is 3.83. The number of benzene rings is 4. The third-order valence-electron chi connectivity index (χ3n) is 9.19. The normalized spacial score (nSPS) is 12.5. The highest BCUT2D eigenvalue weighted by Crippen LogP contribution is 2.50. The van der Waals surface area contributed by atoms with Gasteiger partial charge in [-0.2, -0.15) is 0 Å². The quantitative estimate of drug-likeness (QED) is 0.166. The van der Waals surface area contributed by atoms with Gasteiger partial charge in [0, 0.05) is 60.2 Å². The van der Waals surface area contributed by atoms with Crippen molar-refractivity contribution < 1.29 is 14.6 Å². The number of rotatable bonds is 8. The predicted molar refractivity (Wildman–Crippen MR) is 201 cm³/mol. The average molecular weight is 664 g/mol. The molecule has 2 aromatic heterocycles. The number of aromatic nitrogens is 3. The molecule has 0 bridgehead atoms. The number of phenols is 1. The van der Waals surface area contributed by atoms with Gasteiger partial charge in [-0.25, -0.2) is 4.98 Å². The molecule has 8 heteroatoms. The Balaban J connectivity index is 1.45. The van der Waals surface area contributed by atoms with Crippen LogP contribution >= 0.6 is 0 Å². The van der Waals surface area contributed by atoms with Gasteiger partial charge < -0.3 is 20.1 Å². The van der Waals surface area contributed by atoms with Crippen molar-refractivity contribution in [2.45, 2.75) is 46.5 Å². The molecular weight excluding hydrogens is 622 g/mol. The molecule has 0 fully saturated rings. The minimum Gasteiger partial charge on any atom is -0.507 e. The molecule has 6 aromatic rings. The fraction of sp³-hybridized carbons (Fsp3) is 0.238. The van der Waals surface area contributed by atoms with Gasteiger partial charge in [0.2, 0.25) is 0 Å². The fourth-order valence-electron chi connectivity index (χ4n) is 7.26. The molecule has 0 radical (unpaired) electrons. The van der Waals surface area contributed by atoms with Crippen LogP contribution in [0.2, 0.25) is 0 Å². The smallest absolute Gasteiger partial charge is 0.196 e. The van der Waals surface area contributed by atoms with Crippen LogP contribution in [0.3, 0.4) is 0 Å². The third kappa shape index (κ3) is 6.02. The van der Waals surface area contributed by atoms with E-state index < -0.39 is 0 Å². The molecular formula is C42H41N5O3. The van der Waals surface area contributed by atoms with Crippen LogP contribution in [-0.4, -0.2) is 40.2 Å². The van der Waals surface area contributed by atoms with Crippen LogP contribution in [0.5, 0.6) is 17.2 Å². The number of aromatic hydroxyl groups is 1. The maximum Gasteiger partial charge on any atom is 0.196 e. The molecule has 1 aliphatic rings. The number of anilines is 3. The molecule has 0 amide bonds. The van der Waals surface area contributed by atoms with Gasteiger partial charge in [0.1, 0.15) is 28.5 Å². The first-order valence-electron chi connectivity index (χ1n) is 16.8. The summed E-state index contributed by atoms with van der Waals surface area (Å²) in [6.07, 6.45) is 2.72. The lowest BCUT2D eigenvalue weighted by Crippen LogP contribution is -2.24. The van der Waals surface area contributed by atoms with E-state index in [9.17, 15) is 9.90 Å². The number of carbonyl (C=O) groups is 1. The van der Waals surface area contributed by atoms with E-state index in [4.69, 9.17) is 14.9 Å². The Morgan fingerprint density at radius 1 is 0.800 bits per heavy atom. The van der Waals surface area contributed by atoms with E-state index in [1.807, 2.05) is 85.7 Å². The number of phenolic OH excluding ortho intramolecular Hbond substituents is 1. The number of hydrogen-bond donors (Lipinski definition) is 2. The SMILES string of the molecule is CN(C)c1ccc(-c2nnc3c(Oc4ccc(C(C)(C)CC(C)(C)C)cc4)cc(Nc4ccccn4)c4c3c2-c2ccccc2C4=O)c(O)c1. The first-order valence-corrected chi connectivity index (χ1v) is 16.8. The highest BCUT2D eigenvalue weighted by molar-refractivity contribution is 6.30. The zero-order valence-electron chi connectivity index (χ0n) is 29.5. The molecule has 0 aliphatic heterocycles. The second-order valence-corrected chi connectivity index (χ2v) is 15.0. The number of carbonyl (C=O) groups excluding carboxylic acids is 1. The van der Waals surface area contributed by atoms with Gasteiger partial charge in [-0.05, 0) is 64.8 Å². The van der Waals surface area contributed by atoms with Gasteiger partial charge in [0.05, 0.1) is 11.3 Å². The molecule has 50 heavy (non-hydrogen) atoms. The zero-order chi connectivity index (χ0) is 35.4. The minimum absolute atomic E-state index is 0.0251. The van der Waals surface area contributed by atoms with Crippen molar-refractivity contribution in [1.29, 1.82) is 0 Å². The van der Waals surface area contributed by atoms with Gasteiger partial charge >= 0.3 is 0 Å². The van der Waals surface area contributed by atoms with Crippen molar-refractivity contribution >= 4 is 33.9 Å². The Kier molecular flexibility index (Phi) is 8.05. The lowest BCUT2D eigenvalue weighted by Gasteiger charge is -2.33. The van der Waals surface area contributed by atoms with Gasteiger partial charge in [-0.3, -0.25) is 4.79 Å². The zero-order valence-corrected chi connectivity index (χ0v) is 29.5. The second kappa shape index (κ2) is 12.3. The van der Waals surface area contributed by atoms with Crippen molar-refractivity contribution in [3.8, 4) is 39.6 Å². The van der Waals surface area contributed by atoms with Crippen LogP contribution in [0.1, 0.15) is 62.5 Å². The Morgan fingerprint density at radius 3 is 2.18 bits per heavy atom. The molecule has 2 heterocycles. The fourth-order valence-corrected chi connectivity index (χ4v) is 7.26. The summed E-state index contributed by atoms with van der Waals surface area (Å²) in [6.45, 7) is 11.3. The van der Waals surface area contributed by atoms with Crippen molar-refractivity contribution in [3.63, 3.8) is 0 Å². The van der Waals surface area contributed by atoms with Crippen molar-refractivity contribution in [3.05, 3.63) is 114 Å². The molecule has 7 rings (SSSR count). The molecule has 0 saturated carbocycles. The molecule has 4 aromatic carbocycles. The van der Waals surface area contributed by atoms with Gasteiger partial charge in [0.15, 0.2) is 11.5 Å². The van der Waals surface area contributed by atoms with E-state index in [1.165, 1.54) is 5.56 Å². The standard InChI is InChI=1S/C42H41N5O3/c1-41(2,3)24-42(4,5)25-15-18-27(19-16-25)50-33-23-31(44-34-14-10-11-21-43-34)36-37-35(28-12-8-9-13-29(28)40(36)49)38(45-46-39(33)37)30-20-17-26(47(6)7)22-32(30)48/h8-23,48H,24H2,1-7H3,(H,43,44). The summed E-state index contributed by atoms with van der Waals surface area (Å²) >= 11 is 0. The predicted octanol–water partition coefficient (Wildman–Crippen LogP) is 9.92. The van der Waals surface area contributed by atoms with Gasteiger partial charge in [-0.15, -0.1) is 10.2 Å². The molecule has 252 valence electrons. The van der Waals surface area contributed by atoms with Crippen LogP contribution in [0.15, 0.2) is 97.2 Å². The van der Waals surface area contributed by atoms with Crippen molar-refractivity contribution in [2.75, 3.05) is 24.3 Å². The second-order valence-electron chi connectivity index (χ2n) is 15.0. The van der Waals surface area contributed by atoms with Crippen LogP contribution in [0.25, 0.3) is 33.3 Å². The lowest BCUT2D eigenvalue weighted by atomic mass is 9.72. The summed E-state index contributed by atoms with van der Waals surface area (Å²) in [4.78, 5) is 20.8. The Morgan fingerprint density at radius 2 is 1.52 bits per heavy atom. The van der Waals surface area contributed by atoms with Gasteiger partial charge in [0.25, 0.3) is 0 Å². The summed E-state index contributed by atoms with van der Waals surface area (Å²) in [6, 6.07) is 28.5. The number of hydrogen-bond acceptors (Lipinski definition) is 8. The first kappa shape index (κ1) is 32.8. The first-order chi connectivity index (χ1) is 23.8. The Labute approximate surface area is 292 Å². The number of ketones is 1. The molecule has 0 atom stereocenters. The molecule has 0 saturated heterocycles. The van der Waals surface area contributed by atoms with Crippen molar-refractivity contribution in [2.24, 2.45) is 5.41 Å². The van der Waals surface area contributed by atoms with E-state index in [0.29, 0.717) is 67.4 Å². The van der Waals surface area contributed by atoms with Crippen LogP contribution in [0.4, 0.5) is 17.2 Å². The summed E-state index contributed by atoms with van der Waals surface area (Å²) < 4.78 is 6.62. The van der Waals surface area contributed by atoms with Gasteiger partial charge in [-0.1, -0.05) is 77.1 Å². The molecule has 0 spiro atoms. The number of fused-ring (bicyclic) bond motifs is 2. The Hall–Kier alpha value is -5.76. The number of nitrogens with zero attached hydrogens (tertiary/aromatic N) is 4. The third-order valence-corrected chi connectivity index (χ3v) is 9.19. The summed E-state index contributed by atoms with van der Waals surface area (Å²) in [5.41, 5.74) is 6.54. The van der Waals surface area contributed by atoms with E-state index in [1.54, 1.807) is 18.3 Å². The lowest BCUT2D eigenvalue weighted by molar-refractivity contribution is 0.104. The number of pyridine rings is 1. The number of nitrogens with one attached hydrogen (secondary N) is 1. The topological polar surface area (TPSA) is 100 Å². The summed E-state index contributed by atoms with van der Waals surface area (Å²) in [5, 5.41) is 24.7. The maximum atomic E-state index is 14.4. The van der Waals surface area contributed by atoms with E-state index in [0.717, 1.165) is 12.1 Å². The maximum absolute atomic E-state index is 14.4. The highest BCUT2D eigenvalue weighted by Gasteiger charge is 2.34. The van der Waals surface area contributed by atoms with E-state index in [-0.39, 0.29) is 22.4 Å². The molecule has 0 unspecified atom stereocenters. The molecule has 8 nitrogen and oxygen atoms in total. The molecule has 2 N–H and O–H groups in total. The highest BCUT2D eigenvalue weighted by atomic mass is 16.5. The van der Waals surface area contributed by atoms with Crippen LogP contribution < -0.4 is 15.0 Å². The average Bonchev–Trinajstić information content (AvgIpc) is 3.07. The monoisotopic (exact) mass is 663 g/mol. The van der Waals surface area contributed by atoms with Crippen molar-refractivity contribution in [1.82, 2.24) is 15.2 Å². The largest absolute Gasteiger partial charge is 0.507 e. The number of ether oxygens (including phenoxy) is 1.